The average molecular weight is 403 g/mol. The maximum atomic E-state index is 13.4. The van der Waals surface area contributed by atoms with Gasteiger partial charge in [0.15, 0.2) is 5.78 Å². The Bertz CT molecular complexity index is 1070. The number of anilines is 2. The van der Waals surface area contributed by atoms with Crippen LogP contribution in [0.3, 0.4) is 0 Å². The van der Waals surface area contributed by atoms with Crippen LogP contribution in [0.4, 0.5) is 11.4 Å². The van der Waals surface area contributed by atoms with Crippen LogP contribution in [0.5, 0.6) is 5.75 Å². The molecule has 0 spiro atoms. The summed E-state index contributed by atoms with van der Waals surface area (Å²) in [5, 5.41) is 9.26. The highest BCUT2D eigenvalue weighted by molar-refractivity contribution is 7.10. The topological polar surface area (TPSA) is 50.4 Å². The molecule has 3 aromatic rings. The Morgan fingerprint density at radius 3 is 2.48 bits per heavy atom. The van der Waals surface area contributed by atoms with Crippen LogP contribution >= 0.6 is 11.3 Å². The molecule has 0 amide bonds. The zero-order chi connectivity index (χ0) is 19.8. The number of ketones is 1. The number of carbonyl (C=O) groups excluding carboxylic acids is 1. The molecule has 0 unspecified atom stereocenters. The van der Waals surface area contributed by atoms with Crippen LogP contribution in [-0.4, -0.2) is 12.9 Å². The van der Waals surface area contributed by atoms with Crippen LogP contribution < -0.4 is 15.4 Å². The van der Waals surface area contributed by atoms with Gasteiger partial charge in [-0.1, -0.05) is 30.3 Å². The Hall–Kier alpha value is -3.05. The highest BCUT2D eigenvalue weighted by Crippen LogP contribution is 2.45. The van der Waals surface area contributed by atoms with Gasteiger partial charge >= 0.3 is 0 Å². The van der Waals surface area contributed by atoms with Gasteiger partial charge in [0.1, 0.15) is 5.75 Å². The largest absolute Gasteiger partial charge is 0.497 e. The quantitative estimate of drug-likeness (QED) is 0.587. The molecular formula is C24H22N2O2S. The lowest BCUT2D eigenvalue weighted by atomic mass is 9.79. The van der Waals surface area contributed by atoms with Gasteiger partial charge in [0.2, 0.25) is 0 Å². The SMILES string of the molecule is COc1ccc([C@@H]2CC(=O)C3=C(C2)Nc2ccccc2N[C@H]3c2cccs2)cc1. The van der Waals surface area contributed by atoms with E-state index in [0.717, 1.165) is 39.7 Å². The minimum atomic E-state index is -0.120. The number of rotatable bonds is 3. The monoisotopic (exact) mass is 402 g/mol. The summed E-state index contributed by atoms with van der Waals surface area (Å²) in [5.74, 6) is 1.20. The molecule has 2 heterocycles. The van der Waals surface area contributed by atoms with E-state index in [1.54, 1.807) is 18.4 Å². The van der Waals surface area contributed by atoms with Gasteiger partial charge in [-0.3, -0.25) is 4.79 Å². The molecule has 1 aliphatic heterocycles. The smallest absolute Gasteiger partial charge is 0.163 e. The third-order valence-corrected chi connectivity index (χ3v) is 6.66. The Labute approximate surface area is 174 Å². The minimum absolute atomic E-state index is 0.120. The van der Waals surface area contributed by atoms with E-state index in [4.69, 9.17) is 4.74 Å². The van der Waals surface area contributed by atoms with Crippen LogP contribution in [0.25, 0.3) is 0 Å². The van der Waals surface area contributed by atoms with Crippen LogP contribution in [-0.2, 0) is 4.79 Å². The van der Waals surface area contributed by atoms with Crippen LogP contribution in [0.15, 0.2) is 77.3 Å². The standard InChI is InChI=1S/C24H22N2O2S/c1-28-17-10-8-15(9-11-17)16-13-20-23(21(27)14-16)24(22-7-4-12-29-22)26-19-6-3-2-5-18(19)25-20/h2-12,16,24-26H,13-14H2,1H3/t16-,24-/m0/s1. The van der Waals surface area contributed by atoms with E-state index in [1.165, 1.54) is 5.56 Å². The number of para-hydroxylation sites is 2. The first-order valence-electron chi connectivity index (χ1n) is 9.79. The molecule has 146 valence electrons. The van der Waals surface area contributed by atoms with Crippen molar-refractivity contribution in [1.29, 1.82) is 0 Å². The fourth-order valence-electron chi connectivity index (χ4n) is 4.27. The second kappa shape index (κ2) is 7.41. The van der Waals surface area contributed by atoms with Gasteiger partial charge in [-0.2, -0.15) is 0 Å². The van der Waals surface area contributed by atoms with Crippen molar-refractivity contribution in [2.75, 3.05) is 17.7 Å². The third kappa shape index (κ3) is 3.32. The van der Waals surface area contributed by atoms with Crippen molar-refractivity contribution in [3.63, 3.8) is 0 Å². The normalized spacial score (nSPS) is 20.8. The summed E-state index contributed by atoms with van der Waals surface area (Å²) < 4.78 is 5.28. The summed E-state index contributed by atoms with van der Waals surface area (Å²) in [7, 11) is 1.67. The van der Waals surface area contributed by atoms with Gasteiger partial charge in [-0.15, -0.1) is 11.3 Å². The highest BCUT2D eigenvalue weighted by Gasteiger charge is 2.36. The number of benzene rings is 2. The van der Waals surface area contributed by atoms with Gasteiger partial charge in [0.25, 0.3) is 0 Å². The number of thiophene rings is 1. The number of hydrogen-bond donors (Lipinski definition) is 2. The number of Topliss-reactive ketones (excluding diaryl/α,β-unsaturated/α-hetero) is 1. The average Bonchev–Trinajstić information content (AvgIpc) is 3.22. The fraction of sp³-hybridized carbons (Fsp3) is 0.208. The van der Waals surface area contributed by atoms with Crippen molar-refractivity contribution in [3.8, 4) is 5.75 Å². The first-order chi connectivity index (χ1) is 14.2. The summed E-state index contributed by atoms with van der Waals surface area (Å²) in [6, 6.07) is 20.3. The van der Waals surface area contributed by atoms with Crippen molar-refractivity contribution in [2.24, 2.45) is 0 Å². The van der Waals surface area contributed by atoms with E-state index >= 15 is 0 Å². The van der Waals surface area contributed by atoms with E-state index in [-0.39, 0.29) is 17.7 Å². The number of allylic oxidation sites excluding steroid dienone is 1. The molecule has 0 saturated heterocycles. The van der Waals surface area contributed by atoms with Gasteiger partial charge in [-0.05, 0) is 53.6 Å². The predicted molar refractivity (Wildman–Crippen MR) is 118 cm³/mol. The second-order valence-corrected chi connectivity index (χ2v) is 8.44. The number of hydrogen-bond acceptors (Lipinski definition) is 5. The van der Waals surface area contributed by atoms with Crippen LogP contribution in [0, 0.1) is 0 Å². The maximum Gasteiger partial charge on any atom is 0.163 e. The maximum absolute atomic E-state index is 13.4. The predicted octanol–water partition coefficient (Wildman–Crippen LogP) is 5.74. The van der Waals surface area contributed by atoms with E-state index in [2.05, 4.69) is 46.3 Å². The fourth-order valence-corrected chi connectivity index (χ4v) is 5.06. The molecule has 5 heteroatoms. The second-order valence-electron chi connectivity index (χ2n) is 7.46. The first kappa shape index (κ1) is 18.0. The molecule has 0 radical (unpaired) electrons. The Kier molecular flexibility index (Phi) is 4.60. The summed E-state index contributed by atoms with van der Waals surface area (Å²) in [6.45, 7) is 0. The molecule has 1 aromatic heterocycles. The third-order valence-electron chi connectivity index (χ3n) is 5.72. The Balaban J connectivity index is 1.56. The molecule has 2 aromatic carbocycles. The molecule has 0 saturated carbocycles. The van der Waals surface area contributed by atoms with E-state index < -0.39 is 0 Å². The van der Waals surface area contributed by atoms with Crippen molar-refractivity contribution in [1.82, 2.24) is 0 Å². The Morgan fingerprint density at radius 1 is 0.966 bits per heavy atom. The molecule has 2 N–H and O–H groups in total. The summed E-state index contributed by atoms with van der Waals surface area (Å²) in [5.41, 5.74) is 5.10. The van der Waals surface area contributed by atoms with E-state index in [0.29, 0.717) is 6.42 Å². The number of carbonyl (C=O) groups is 1. The van der Waals surface area contributed by atoms with Crippen molar-refractivity contribution in [3.05, 3.63) is 87.8 Å². The minimum Gasteiger partial charge on any atom is -0.497 e. The lowest BCUT2D eigenvalue weighted by molar-refractivity contribution is -0.116. The van der Waals surface area contributed by atoms with Gasteiger partial charge in [-0.25, -0.2) is 0 Å². The molecule has 5 rings (SSSR count). The molecular weight excluding hydrogens is 380 g/mol. The summed E-state index contributed by atoms with van der Waals surface area (Å²) >= 11 is 1.68. The van der Waals surface area contributed by atoms with Crippen LogP contribution in [0.2, 0.25) is 0 Å². The van der Waals surface area contributed by atoms with E-state index in [9.17, 15) is 4.79 Å². The van der Waals surface area contributed by atoms with Gasteiger partial charge < -0.3 is 15.4 Å². The molecule has 1 aliphatic carbocycles. The van der Waals surface area contributed by atoms with Crippen molar-refractivity contribution >= 4 is 28.5 Å². The lowest BCUT2D eigenvalue weighted by Crippen LogP contribution is -2.26. The summed E-state index contributed by atoms with van der Waals surface area (Å²) in [4.78, 5) is 14.5. The zero-order valence-electron chi connectivity index (χ0n) is 16.1. The summed E-state index contributed by atoms with van der Waals surface area (Å²) in [6.07, 6.45) is 1.33. The van der Waals surface area contributed by atoms with Crippen molar-refractivity contribution in [2.45, 2.75) is 24.8 Å². The molecule has 2 aliphatic rings. The van der Waals surface area contributed by atoms with Gasteiger partial charge in [0.05, 0.1) is 24.5 Å². The molecule has 4 nitrogen and oxygen atoms in total. The molecule has 2 atom stereocenters. The molecule has 29 heavy (non-hydrogen) atoms. The number of ether oxygens (including phenoxy) is 1. The van der Waals surface area contributed by atoms with Gasteiger partial charge in [0, 0.05) is 22.6 Å². The lowest BCUT2D eigenvalue weighted by Gasteiger charge is -2.29. The Morgan fingerprint density at radius 2 is 1.76 bits per heavy atom. The van der Waals surface area contributed by atoms with Crippen LogP contribution in [0.1, 0.15) is 35.2 Å². The first-order valence-corrected chi connectivity index (χ1v) is 10.7. The number of methoxy groups -OCH3 is 1. The number of fused-ring (bicyclic) bond motifs is 1. The highest BCUT2D eigenvalue weighted by atomic mass is 32.1. The number of nitrogens with one attached hydrogen (secondary N) is 2. The molecule has 0 fully saturated rings. The molecule has 0 bridgehead atoms. The van der Waals surface area contributed by atoms with E-state index in [1.807, 2.05) is 30.3 Å². The zero-order valence-corrected chi connectivity index (χ0v) is 17.0. The van der Waals surface area contributed by atoms with Crippen molar-refractivity contribution < 1.29 is 9.53 Å².